The molecule has 5 rings (SSSR count). The first kappa shape index (κ1) is 26.4. The smallest absolute Gasteiger partial charge is 0.323 e. The average Bonchev–Trinajstić information content (AvgIpc) is 3.09. The van der Waals surface area contributed by atoms with Crippen LogP contribution in [-0.2, 0) is 9.59 Å². The highest BCUT2D eigenvalue weighted by Crippen LogP contribution is 2.34. The van der Waals surface area contributed by atoms with E-state index in [2.05, 4.69) is 5.32 Å². The van der Waals surface area contributed by atoms with Gasteiger partial charge in [-0.2, -0.15) is 0 Å². The van der Waals surface area contributed by atoms with E-state index >= 15 is 0 Å². The van der Waals surface area contributed by atoms with Crippen molar-refractivity contribution in [3.05, 3.63) is 114 Å². The minimum Gasteiger partial charge on any atom is -0.480 e. The van der Waals surface area contributed by atoms with Gasteiger partial charge in [0, 0.05) is 29.8 Å². The quantitative estimate of drug-likeness (QED) is 0.346. The molecule has 0 aromatic heterocycles. The van der Waals surface area contributed by atoms with Crippen LogP contribution in [0.25, 0.3) is 11.1 Å². The first-order valence-electron chi connectivity index (χ1n) is 12.8. The SMILES string of the molecule is Cc1ccccc1-c1ccccc1C(=O)Nc1ccc(C(=O)N2CCC(=O)N(CC(=O)O)c3ccccc32)cc1. The summed E-state index contributed by atoms with van der Waals surface area (Å²) in [4.78, 5) is 53.5. The average molecular weight is 534 g/mol. The Kier molecular flexibility index (Phi) is 7.41. The summed E-state index contributed by atoms with van der Waals surface area (Å²) in [5, 5.41) is 12.2. The van der Waals surface area contributed by atoms with E-state index in [0.29, 0.717) is 28.2 Å². The number of amides is 3. The lowest BCUT2D eigenvalue weighted by Gasteiger charge is -2.24. The number of aryl methyl sites for hydroxylation is 1. The highest BCUT2D eigenvalue weighted by molar-refractivity contribution is 6.12. The highest BCUT2D eigenvalue weighted by Gasteiger charge is 2.30. The fraction of sp³-hybridized carbons (Fsp3) is 0.125. The third-order valence-corrected chi connectivity index (χ3v) is 6.85. The summed E-state index contributed by atoms with van der Waals surface area (Å²) in [6.45, 7) is 1.63. The van der Waals surface area contributed by atoms with Gasteiger partial charge in [0.05, 0.1) is 11.4 Å². The van der Waals surface area contributed by atoms with E-state index in [1.807, 2.05) is 49.4 Å². The summed E-state index contributed by atoms with van der Waals surface area (Å²) >= 11 is 0. The van der Waals surface area contributed by atoms with Crippen molar-refractivity contribution in [3.63, 3.8) is 0 Å². The van der Waals surface area contributed by atoms with Crippen LogP contribution in [0.15, 0.2) is 97.1 Å². The number of aliphatic carboxylic acids is 1. The third kappa shape index (κ3) is 5.33. The maximum absolute atomic E-state index is 13.5. The van der Waals surface area contributed by atoms with Gasteiger partial charge >= 0.3 is 5.97 Å². The number of carbonyl (C=O) groups excluding carboxylic acids is 3. The molecule has 1 aliphatic rings. The van der Waals surface area contributed by atoms with Gasteiger partial charge in [-0.3, -0.25) is 24.1 Å². The molecule has 0 unspecified atom stereocenters. The molecule has 4 aromatic rings. The standard InChI is InChI=1S/C32H27N3O5/c1-21-8-2-3-9-24(21)25-10-4-5-11-26(25)31(39)33-23-16-14-22(15-17-23)32(40)34-19-18-29(36)35(20-30(37)38)28-13-7-6-12-27(28)34/h2-17H,18-20H2,1H3,(H,33,39)(H,37,38). The lowest BCUT2D eigenvalue weighted by atomic mass is 9.95. The number of carboxylic acids is 1. The number of para-hydroxylation sites is 2. The molecule has 0 radical (unpaired) electrons. The minimum atomic E-state index is -1.14. The Morgan fingerprint density at radius 1 is 0.800 bits per heavy atom. The van der Waals surface area contributed by atoms with Gasteiger partial charge in [-0.25, -0.2) is 0 Å². The van der Waals surface area contributed by atoms with Gasteiger partial charge in [-0.1, -0.05) is 54.6 Å². The maximum atomic E-state index is 13.5. The number of fused-ring (bicyclic) bond motifs is 1. The number of carbonyl (C=O) groups is 4. The second-order valence-corrected chi connectivity index (χ2v) is 9.46. The van der Waals surface area contributed by atoms with Crippen LogP contribution < -0.4 is 15.1 Å². The molecule has 0 saturated carbocycles. The van der Waals surface area contributed by atoms with Crippen molar-refractivity contribution in [2.75, 3.05) is 28.2 Å². The molecule has 3 amide bonds. The second kappa shape index (κ2) is 11.2. The number of hydrogen-bond acceptors (Lipinski definition) is 4. The van der Waals surface area contributed by atoms with Gasteiger partial charge in [0.1, 0.15) is 6.54 Å². The number of rotatable bonds is 6. The van der Waals surface area contributed by atoms with E-state index in [1.165, 1.54) is 9.80 Å². The summed E-state index contributed by atoms with van der Waals surface area (Å²) in [5.41, 5.74) is 5.14. The van der Waals surface area contributed by atoms with E-state index in [-0.39, 0.29) is 30.7 Å². The monoisotopic (exact) mass is 533 g/mol. The zero-order chi connectivity index (χ0) is 28.2. The minimum absolute atomic E-state index is 0.0118. The van der Waals surface area contributed by atoms with Crippen molar-refractivity contribution >= 4 is 40.8 Å². The van der Waals surface area contributed by atoms with Gasteiger partial charge in [0.2, 0.25) is 5.91 Å². The number of anilines is 3. The van der Waals surface area contributed by atoms with Crippen molar-refractivity contribution in [3.8, 4) is 11.1 Å². The fourth-order valence-electron chi connectivity index (χ4n) is 4.88. The van der Waals surface area contributed by atoms with Crippen LogP contribution in [0.5, 0.6) is 0 Å². The number of hydrogen-bond donors (Lipinski definition) is 2. The number of nitrogens with one attached hydrogen (secondary N) is 1. The van der Waals surface area contributed by atoms with E-state index in [1.54, 1.807) is 54.6 Å². The largest absolute Gasteiger partial charge is 0.480 e. The van der Waals surface area contributed by atoms with Crippen molar-refractivity contribution in [1.29, 1.82) is 0 Å². The van der Waals surface area contributed by atoms with Gasteiger partial charge in [-0.15, -0.1) is 0 Å². The Morgan fingerprint density at radius 3 is 2.12 bits per heavy atom. The van der Waals surface area contributed by atoms with Gasteiger partial charge < -0.3 is 15.3 Å². The molecule has 8 nitrogen and oxygen atoms in total. The van der Waals surface area contributed by atoms with Crippen LogP contribution in [0.3, 0.4) is 0 Å². The molecule has 0 atom stereocenters. The Morgan fingerprint density at radius 2 is 1.43 bits per heavy atom. The molecular weight excluding hydrogens is 506 g/mol. The molecule has 8 heteroatoms. The summed E-state index contributed by atoms with van der Waals surface area (Å²) < 4.78 is 0. The topological polar surface area (TPSA) is 107 Å². The molecule has 40 heavy (non-hydrogen) atoms. The molecule has 2 N–H and O–H groups in total. The third-order valence-electron chi connectivity index (χ3n) is 6.85. The van der Waals surface area contributed by atoms with E-state index < -0.39 is 12.5 Å². The number of carboxylic acid groups (broad SMARTS) is 1. The molecule has 0 bridgehead atoms. The van der Waals surface area contributed by atoms with E-state index in [4.69, 9.17) is 0 Å². The van der Waals surface area contributed by atoms with Gasteiger partial charge in [-0.05, 0) is 66.1 Å². The molecule has 0 spiro atoms. The van der Waals surface area contributed by atoms with Crippen LogP contribution in [0, 0.1) is 6.92 Å². The van der Waals surface area contributed by atoms with Crippen LogP contribution >= 0.6 is 0 Å². The summed E-state index contributed by atoms with van der Waals surface area (Å²) in [7, 11) is 0. The van der Waals surface area contributed by atoms with Crippen LogP contribution in [0.4, 0.5) is 17.1 Å². The second-order valence-electron chi connectivity index (χ2n) is 9.46. The molecular formula is C32H27N3O5. The Hall–Kier alpha value is -5.24. The lowest BCUT2D eigenvalue weighted by molar-refractivity contribution is -0.136. The molecule has 0 aliphatic carbocycles. The lowest BCUT2D eigenvalue weighted by Crippen LogP contribution is -2.35. The number of nitrogens with zero attached hydrogens (tertiary/aromatic N) is 2. The van der Waals surface area contributed by atoms with Crippen molar-refractivity contribution in [1.82, 2.24) is 0 Å². The predicted octanol–water partition coefficient (Wildman–Crippen LogP) is 5.38. The summed E-state index contributed by atoms with van der Waals surface area (Å²) in [5.74, 6) is -2.10. The fourth-order valence-corrected chi connectivity index (χ4v) is 4.88. The van der Waals surface area contributed by atoms with Crippen LogP contribution in [0.2, 0.25) is 0 Å². The van der Waals surface area contributed by atoms with E-state index in [0.717, 1.165) is 16.7 Å². The Balaban J connectivity index is 1.37. The van der Waals surface area contributed by atoms with E-state index in [9.17, 15) is 24.3 Å². The molecule has 4 aromatic carbocycles. The van der Waals surface area contributed by atoms with Crippen molar-refractivity contribution in [2.45, 2.75) is 13.3 Å². The first-order chi connectivity index (χ1) is 19.3. The molecule has 200 valence electrons. The van der Waals surface area contributed by atoms with Crippen molar-refractivity contribution in [2.24, 2.45) is 0 Å². The Labute approximate surface area is 231 Å². The summed E-state index contributed by atoms with van der Waals surface area (Å²) in [6.07, 6.45) is -0.0118. The number of benzene rings is 4. The highest BCUT2D eigenvalue weighted by atomic mass is 16.4. The van der Waals surface area contributed by atoms with Crippen LogP contribution in [-0.4, -0.2) is 41.9 Å². The predicted molar refractivity (Wildman–Crippen MR) is 154 cm³/mol. The first-order valence-corrected chi connectivity index (χ1v) is 12.8. The molecule has 1 heterocycles. The normalized spacial score (nSPS) is 12.9. The molecule has 1 aliphatic heterocycles. The molecule has 0 fully saturated rings. The van der Waals surface area contributed by atoms with Gasteiger partial charge in [0.25, 0.3) is 11.8 Å². The Bertz CT molecular complexity index is 1610. The zero-order valence-electron chi connectivity index (χ0n) is 21.8. The molecule has 0 saturated heterocycles. The zero-order valence-corrected chi connectivity index (χ0v) is 21.8. The maximum Gasteiger partial charge on any atom is 0.323 e. The van der Waals surface area contributed by atoms with Crippen molar-refractivity contribution < 1.29 is 24.3 Å². The van der Waals surface area contributed by atoms with Crippen LogP contribution in [0.1, 0.15) is 32.7 Å². The van der Waals surface area contributed by atoms with Gasteiger partial charge in [0.15, 0.2) is 0 Å². The summed E-state index contributed by atoms with van der Waals surface area (Å²) in [6, 6.07) is 28.6.